The van der Waals surface area contributed by atoms with Crippen LogP contribution in [0.15, 0.2) is 41.6 Å². The SMILES string of the molecule is COC(=O)C1=C(C(=O)OC)N(c2cccc3ccc(C)nc23)COC1. The van der Waals surface area contributed by atoms with Crippen LogP contribution in [0.1, 0.15) is 5.69 Å². The Hall–Kier alpha value is -2.93. The maximum Gasteiger partial charge on any atom is 0.355 e. The lowest BCUT2D eigenvalue weighted by Gasteiger charge is -2.31. The molecule has 0 spiro atoms. The number of aromatic nitrogens is 1. The third-order valence-corrected chi connectivity index (χ3v) is 3.96. The number of anilines is 1. The Morgan fingerprint density at radius 3 is 2.60 bits per heavy atom. The maximum atomic E-state index is 12.4. The second-order valence-electron chi connectivity index (χ2n) is 5.52. The highest BCUT2D eigenvalue weighted by molar-refractivity contribution is 6.05. The van der Waals surface area contributed by atoms with Crippen molar-refractivity contribution in [3.63, 3.8) is 0 Å². The Morgan fingerprint density at radius 2 is 1.88 bits per heavy atom. The smallest absolute Gasteiger partial charge is 0.355 e. The van der Waals surface area contributed by atoms with E-state index in [4.69, 9.17) is 14.2 Å². The summed E-state index contributed by atoms with van der Waals surface area (Å²) in [7, 11) is 2.52. The molecule has 0 radical (unpaired) electrons. The van der Waals surface area contributed by atoms with Gasteiger partial charge in [-0.1, -0.05) is 18.2 Å². The molecule has 0 atom stereocenters. The fourth-order valence-electron chi connectivity index (χ4n) is 2.78. The highest BCUT2D eigenvalue weighted by Crippen LogP contribution is 2.31. The first-order valence-electron chi connectivity index (χ1n) is 7.68. The van der Waals surface area contributed by atoms with Crippen molar-refractivity contribution >= 4 is 28.5 Å². The number of esters is 2. The Kier molecular flexibility index (Phi) is 4.67. The molecule has 2 heterocycles. The lowest BCUT2D eigenvalue weighted by atomic mass is 10.1. The van der Waals surface area contributed by atoms with Gasteiger partial charge in [-0.2, -0.15) is 0 Å². The van der Waals surface area contributed by atoms with Gasteiger partial charge >= 0.3 is 11.9 Å². The summed E-state index contributed by atoms with van der Waals surface area (Å²) in [6, 6.07) is 9.47. The van der Waals surface area contributed by atoms with Gasteiger partial charge in [-0.25, -0.2) is 9.59 Å². The van der Waals surface area contributed by atoms with E-state index in [1.165, 1.54) is 14.2 Å². The summed E-state index contributed by atoms with van der Waals surface area (Å²) in [6.45, 7) is 1.96. The number of methoxy groups -OCH3 is 2. The van der Waals surface area contributed by atoms with Crippen LogP contribution >= 0.6 is 0 Å². The molecule has 1 aromatic carbocycles. The predicted molar refractivity (Wildman–Crippen MR) is 90.8 cm³/mol. The molecular weight excluding hydrogens is 324 g/mol. The van der Waals surface area contributed by atoms with E-state index in [0.717, 1.165) is 11.1 Å². The number of fused-ring (bicyclic) bond motifs is 1. The van der Waals surface area contributed by atoms with Gasteiger partial charge in [-0.05, 0) is 19.1 Å². The van der Waals surface area contributed by atoms with E-state index in [1.807, 2.05) is 37.3 Å². The molecule has 0 saturated carbocycles. The Balaban J connectivity index is 2.23. The maximum absolute atomic E-state index is 12.4. The van der Waals surface area contributed by atoms with Gasteiger partial charge in [0.05, 0.1) is 37.6 Å². The van der Waals surface area contributed by atoms with Crippen LogP contribution in [0.2, 0.25) is 0 Å². The first kappa shape index (κ1) is 16.9. The molecule has 25 heavy (non-hydrogen) atoms. The number of aryl methyl sites for hydroxylation is 1. The topological polar surface area (TPSA) is 78.0 Å². The Labute approximate surface area is 144 Å². The van der Waals surface area contributed by atoms with Crippen molar-refractivity contribution in [3.8, 4) is 0 Å². The Morgan fingerprint density at radius 1 is 1.12 bits per heavy atom. The standard InChI is InChI=1S/C18H18N2O5/c1-11-7-8-12-5-4-6-14(15(12)19-11)20-10-25-9-13(17(21)23-2)16(20)18(22)24-3/h4-8H,9-10H2,1-3H3. The molecule has 7 heteroatoms. The van der Waals surface area contributed by atoms with Crippen LogP contribution in [0.5, 0.6) is 0 Å². The van der Waals surface area contributed by atoms with Gasteiger partial charge in [-0.15, -0.1) is 0 Å². The number of para-hydroxylation sites is 1. The number of hydrogen-bond acceptors (Lipinski definition) is 7. The summed E-state index contributed by atoms with van der Waals surface area (Å²) in [5, 5.41) is 0.914. The van der Waals surface area contributed by atoms with Crippen LogP contribution in [0.25, 0.3) is 10.9 Å². The number of ether oxygens (including phenoxy) is 3. The number of hydrogen-bond donors (Lipinski definition) is 0. The van der Waals surface area contributed by atoms with Gasteiger partial charge in [0.1, 0.15) is 12.4 Å². The summed E-state index contributed by atoms with van der Waals surface area (Å²) in [5.74, 6) is -1.26. The lowest BCUT2D eigenvalue weighted by Crippen LogP contribution is -2.39. The molecule has 0 amide bonds. The largest absolute Gasteiger partial charge is 0.466 e. The van der Waals surface area contributed by atoms with Gasteiger partial charge in [0.15, 0.2) is 0 Å². The minimum atomic E-state index is -0.631. The fourth-order valence-corrected chi connectivity index (χ4v) is 2.78. The zero-order valence-corrected chi connectivity index (χ0v) is 14.2. The molecule has 0 fully saturated rings. The van der Waals surface area contributed by atoms with Crippen molar-refractivity contribution in [3.05, 3.63) is 47.3 Å². The fraction of sp³-hybridized carbons (Fsp3) is 0.278. The molecule has 0 bridgehead atoms. The van der Waals surface area contributed by atoms with Crippen molar-refractivity contribution < 1.29 is 23.8 Å². The third kappa shape index (κ3) is 3.06. The van der Waals surface area contributed by atoms with Gasteiger partial charge < -0.3 is 19.1 Å². The molecule has 1 aliphatic rings. The van der Waals surface area contributed by atoms with Gasteiger partial charge in [-0.3, -0.25) is 4.98 Å². The molecule has 0 unspecified atom stereocenters. The molecule has 0 N–H and O–H groups in total. The number of benzene rings is 1. The van der Waals surface area contributed by atoms with Crippen LogP contribution in [0, 0.1) is 6.92 Å². The van der Waals surface area contributed by atoms with E-state index in [0.29, 0.717) is 11.2 Å². The highest BCUT2D eigenvalue weighted by Gasteiger charge is 2.33. The number of nitrogens with zero attached hydrogens (tertiary/aromatic N) is 2. The molecule has 3 rings (SSSR count). The minimum absolute atomic E-state index is 0.0230. The Bertz CT molecular complexity index is 875. The van der Waals surface area contributed by atoms with Crippen molar-refractivity contribution in [1.29, 1.82) is 0 Å². The predicted octanol–water partition coefficient (Wildman–Crippen LogP) is 1.94. The summed E-state index contributed by atoms with van der Waals surface area (Å²) >= 11 is 0. The molecule has 0 saturated heterocycles. The zero-order valence-electron chi connectivity index (χ0n) is 14.2. The van der Waals surface area contributed by atoms with Crippen LogP contribution in [0.4, 0.5) is 5.69 Å². The molecule has 0 aliphatic carbocycles. The monoisotopic (exact) mass is 342 g/mol. The number of pyridine rings is 1. The first-order valence-corrected chi connectivity index (χ1v) is 7.68. The summed E-state index contributed by atoms with van der Waals surface area (Å²) in [5.41, 5.74) is 2.43. The van der Waals surface area contributed by atoms with Crippen molar-refractivity contribution in [2.24, 2.45) is 0 Å². The van der Waals surface area contributed by atoms with Crippen LogP contribution in [0.3, 0.4) is 0 Å². The van der Waals surface area contributed by atoms with Crippen LogP contribution < -0.4 is 4.90 Å². The van der Waals surface area contributed by atoms with E-state index in [-0.39, 0.29) is 24.6 Å². The molecule has 2 aromatic rings. The van der Waals surface area contributed by atoms with E-state index in [9.17, 15) is 9.59 Å². The van der Waals surface area contributed by atoms with E-state index >= 15 is 0 Å². The summed E-state index contributed by atoms with van der Waals surface area (Å²) in [6.07, 6.45) is 0. The lowest BCUT2D eigenvalue weighted by molar-refractivity contribution is -0.140. The second-order valence-corrected chi connectivity index (χ2v) is 5.52. The molecule has 1 aromatic heterocycles. The summed E-state index contributed by atoms with van der Waals surface area (Å²) < 4.78 is 15.2. The molecule has 1 aliphatic heterocycles. The molecular formula is C18H18N2O5. The number of rotatable bonds is 3. The van der Waals surface area contributed by atoms with Crippen molar-refractivity contribution in [1.82, 2.24) is 4.98 Å². The average Bonchev–Trinajstić information content (AvgIpc) is 2.65. The minimum Gasteiger partial charge on any atom is -0.466 e. The summed E-state index contributed by atoms with van der Waals surface area (Å²) in [4.78, 5) is 30.6. The van der Waals surface area contributed by atoms with Crippen molar-refractivity contribution in [2.75, 3.05) is 32.5 Å². The first-order chi connectivity index (χ1) is 12.1. The zero-order chi connectivity index (χ0) is 18.0. The quantitative estimate of drug-likeness (QED) is 0.789. The third-order valence-electron chi connectivity index (χ3n) is 3.96. The highest BCUT2D eigenvalue weighted by atomic mass is 16.5. The van der Waals surface area contributed by atoms with Gasteiger partial charge in [0.25, 0.3) is 0 Å². The number of carbonyl (C=O) groups is 2. The molecule has 7 nitrogen and oxygen atoms in total. The van der Waals surface area contributed by atoms with E-state index < -0.39 is 11.9 Å². The average molecular weight is 342 g/mol. The van der Waals surface area contributed by atoms with Gasteiger partial charge in [0.2, 0.25) is 0 Å². The van der Waals surface area contributed by atoms with Crippen LogP contribution in [-0.2, 0) is 23.8 Å². The van der Waals surface area contributed by atoms with Crippen molar-refractivity contribution in [2.45, 2.75) is 6.92 Å². The molecule has 130 valence electrons. The van der Waals surface area contributed by atoms with E-state index in [1.54, 1.807) is 4.90 Å². The number of carbonyl (C=O) groups excluding carboxylic acids is 2. The normalized spacial score (nSPS) is 14.6. The van der Waals surface area contributed by atoms with E-state index in [2.05, 4.69) is 4.98 Å². The van der Waals surface area contributed by atoms with Crippen LogP contribution in [-0.4, -0.2) is 44.5 Å². The second kappa shape index (κ2) is 6.90. The van der Waals surface area contributed by atoms with Gasteiger partial charge in [0, 0.05) is 11.1 Å².